The molecule has 0 radical (unpaired) electrons. The zero-order valence-electron chi connectivity index (χ0n) is 10.0. The number of methoxy groups -OCH3 is 1. The highest BCUT2D eigenvalue weighted by atomic mass is 16.5. The summed E-state index contributed by atoms with van der Waals surface area (Å²) in [6.45, 7) is 6.89. The molecule has 1 heterocycles. The van der Waals surface area contributed by atoms with Gasteiger partial charge in [-0.2, -0.15) is 0 Å². The molecule has 0 aromatic carbocycles. The summed E-state index contributed by atoms with van der Waals surface area (Å²) in [5.74, 6) is -0.180. The lowest BCUT2D eigenvalue weighted by Crippen LogP contribution is -2.33. The van der Waals surface area contributed by atoms with Crippen LogP contribution in [0.5, 0.6) is 0 Å². The minimum absolute atomic E-state index is 0.180. The maximum atomic E-state index is 11.5. The fourth-order valence-corrected chi connectivity index (χ4v) is 1.89. The molecule has 1 fully saturated rings. The summed E-state index contributed by atoms with van der Waals surface area (Å²) >= 11 is 0. The van der Waals surface area contributed by atoms with Gasteiger partial charge in [0.05, 0.1) is 7.11 Å². The number of likely N-dealkylation sites (tertiary alicyclic amines) is 1. The van der Waals surface area contributed by atoms with Crippen molar-refractivity contribution in [1.29, 1.82) is 0 Å². The first kappa shape index (κ1) is 12.2. The average molecular weight is 211 g/mol. The van der Waals surface area contributed by atoms with Crippen molar-refractivity contribution in [2.45, 2.75) is 33.1 Å². The lowest BCUT2D eigenvalue weighted by Gasteiger charge is -2.27. The lowest BCUT2D eigenvalue weighted by atomic mass is 10.1. The van der Waals surface area contributed by atoms with Crippen LogP contribution in [0, 0.1) is 0 Å². The molecule has 0 N–H and O–H groups in total. The Bertz CT molecular complexity index is 248. The van der Waals surface area contributed by atoms with Crippen LogP contribution in [0.2, 0.25) is 0 Å². The van der Waals surface area contributed by atoms with Crippen LogP contribution in [0.25, 0.3) is 0 Å². The number of hydrogen-bond acceptors (Lipinski definition) is 3. The zero-order chi connectivity index (χ0) is 11.3. The van der Waals surface area contributed by atoms with E-state index in [1.165, 1.54) is 26.4 Å². The quantitative estimate of drug-likeness (QED) is 0.528. The standard InChI is InChI=1S/C12H21NO2/c1-10(2)11(12(14)15-3)9-13-7-5-4-6-8-13/h4-9H2,1-3H3. The number of hydrogen-bond donors (Lipinski definition) is 0. The van der Waals surface area contributed by atoms with Gasteiger partial charge >= 0.3 is 5.97 Å². The van der Waals surface area contributed by atoms with E-state index in [1.807, 2.05) is 13.8 Å². The summed E-state index contributed by atoms with van der Waals surface area (Å²) in [6.07, 6.45) is 3.81. The van der Waals surface area contributed by atoms with E-state index in [1.54, 1.807) is 0 Å². The van der Waals surface area contributed by atoms with E-state index in [0.717, 1.165) is 30.8 Å². The van der Waals surface area contributed by atoms with Gasteiger partial charge in [-0.1, -0.05) is 12.0 Å². The highest BCUT2D eigenvalue weighted by Crippen LogP contribution is 2.13. The second-order valence-electron chi connectivity index (χ2n) is 4.31. The van der Waals surface area contributed by atoms with Crippen molar-refractivity contribution in [2.24, 2.45) is 0 Å². The molecule has 3 heteroatoms. The number of esters is 1. The van der Waals surface area contributed by atoms with Crippen molar-refractivity contribution in [1.82, 2.24) is 4.90 Å². The summed E-state index contributed by atoms with van der Waals surface area (Å²) in [4.78, 5) is 13.9. The molecule has 0 unspecified atom stereocenters. The molecule has 0 atom stereocenters. The maximum absolute atomic E-state index is 11.5. The third-order valence-corrected chi connectivity index (χ3v) is 2.87. The van der Waals surface area contributed by atoms with Crippen molar-refractivity contribution in [3.63, 3.8) is 0 Å². The number of carbonyl (C=O) groups excluding carboxylic acids is 1. The van der Waals surface area contributed by atoms with Crippen LogP contribution in [-0.4, -0.2) is 37.6 Å². The molecule has 1 aliphatic rings. The average Bonchev–Trinajstić information content (AvgIpc) is 2.26. The van der Waals surface area contributed by atoms with E-state index >= 15 is 0 Å². The van der Waals surface area contributed by atoms with Crippen molar-refractivity contribution < 1.29 is 9.53 Å². The normalized spacial score (nSPS) is 17.3. The van der Waals surface area contributed by atoms with Gasteiger partial charge < -0.3 is 4.74 Å². The van der Waals surface area contributed by atoms with Crippen molar-refractivity contribution in [3.8, 4) is 0 Å². The van der Waals surface area contributed by atoms with Crippen molar-refractivity contribution >= 4 is 5.97 Å². The number of carbonyl (C=O) groups is 1. The molecule has 0 aromatic heterocycles. The minimum atomic E-state index is -0.180. The Kier molecular flexibility index (Phi) is 4.82. The molecule has 0 aromatic rings. The van der Waals surface area contributed by atoms with Crippen LogP contribution in [0.15, 0.2) is 11.1 Å². The first-order chi connectivity index (χ1) is 7.15. The van der Waals surface area contributed by atoms with Gasteiger partial charge in [0.1, 0.15) is 0 Å². The Labute approximate surface area is 92.1 Å². The monoisotopic (exact) mass is 211 g/mol. The molecule has 1 saturated heterocycles. The lowest BCUT2D eigenvalue weighted by molar-refractivity contribution is -0.136. The highest BCUT2D eigenvalue weighted by molar-refractivity contribution is 5.89. The second kappa shape index (κ2) is 5.91. The van der Waals surface area contributed by atoms with Crippen LogP contribution in [0.4, 0.5) is 0 Å². The van der Waals surface area contributed by atoms with E-state index in [0.29, 0.717) is 0 Å². The molecular weight excluding hydrogens is 190 g/mol. The van der Waals surface area contributed by atoms with E-state index in [9.17, 15) is 4.79 Å². The molecule has 1 rings (SSSR count). The SMILES string of the molecule is COC(=O)C(CN1CCCCC1)=C(C)C. The Hall–Kier alpha value is -0.830. The third-order valence-electron chi connectivity index (χ3n) is 2.87. The molecule has 0 spiro atoms. The van der Waals surface area contributed by atoms with E-state index in [2.05, 4.69) is 4.90 Å². The Morgan fingerprint density at radius 2 is 1.80 bits per heavy atom. The van der Waals surface area contributed by atoms with Crippen LogP contribution >= 0.6 is 0 Å². The van der Waals surface area contributed by atoms with Crippen LogP contribution in [0.1, 0.15) is 33.1 Å². The van der Waals surface area contributed by atoms with E-state index in [4.69, 9.17) is 4.74 Å². The highest BCUT2D eigenvalue weighted by Gasteiger charge is 2.17. The minimum Gasteiger partial charge on any atom is -0.466 e. The number of piperidine rings is 1. The molecule has 3 nitrogen and oxygen atoms in total. The molecule has 0 amide bonds. The summed E-state index contributed by atoms with van der Waals surface area (Å²) in [7, 11) is 1.45. The Morgan fingerprint density at radius 1 is 1.20 bits per heavy atom. The summed E-state index contributed by atoms with van der Waals surface area (Å²) < 4.78 is 4.79. The molecule has 15 heavy (non-hydrogen) atoms. The number of rotatable bonds is 3. The third kappa shape index (κ3) is 3.67. The molecule has 1 aliphatic heterocycles. The fraction of sp³-hybridized carbons (Fsp3) is 0.750. The number of allylic oxidation sites excluding steroid dienone is 1. The Balaban J connectivity index is 2.59. The maximum Gasteiger partial charge on any atom is 0.334 e. The van der Waals surface area contributed by atoms with Gasteiger partial charge in [0, 0.05) is 12.1 Å². The second-order valence-corrected chi connectivity index (χ2v) is 4.31. The van der Waals surface area contributed by atoms with Gasteiger partial charge in [-0.25, -0.2) is 4.79 Å². The largest absolute Gasteiger partial charge is 0.466 e. The van der Waals surface area contributed by atoms with E-state index in [-0.39, 0.29) is 5.97 Å². The Morgan fingerprint density at radius 3 is 2.27 bits per heavy atom. The fourth-order valence-electron chi connectivity index (χ4n) is 1.89. The summed E-state index contributed by atoms with van der Waals surface area (Å²) in [5, 5.41) is 0. The van der Waals surface area contributed by atoms with Gasteiger partial charge in [-0.15, -0.1) is 0 Å². The van der Waals surface area contributed by atoms with Gasteiger partial charge in [0.25, 0.3) is 0 Å². The topological polar surface area (TPSA) is 29.5 Å². The number of ether oxygens (including phenoxy) is 1. The van der Waals surface area contributed by atoms with Crippen LogP contribution in [-0.2, 0) is 9.53 Å². The molecule has 86 valence electrons. The smallest absolute Gasteiger partial charge is 0.334 e. The number of nitrogens with zero attached hydrogens (tertiary/aromatic N) is 1. The van der Waals surface area contributed by atoms with Crippen molar-refractivity contribution in [2.75, 3.05) is 26.7 Å². The van der Waals surface area contributed by atoms with Crippen molar-refractivity contribution in [3.05, 3.63) is 11.1 Å². The van der Waals surface area contributed by atoms with Gasteiger partial charge in [-0.3, -0.25) is 4.90 Å². The first-order valence-corrected chi connectivity index (χ1v) is 5.62. The predicted octanol–water partition coefficient (Wildman–Crippen LogP) is 1.98. The van der Waals surface area contributed by atoms with Gasteiger partial charge in [-0.05, 0) is 39.8 Å². The zero-order valence-corrected chi connectivity index (χ0v) is 10.0. The van der Waals surface area contributed by atoms with E-state index < -0.39 is 0 Å². The molecule has 0 bridgehead atoms. The summed E-state index contributed by atoms with van der Waals surface area (Å²) in [5.41, 5.74) is 1.88. The van der Waals surface area contributed by atoms with Gasteiger partial charge in [0.15, 0.2) is 0 Å². The summed E-state index contributed by atoms with van der Waals surface area (Å²) in [6, 6.07) is 0. The van der Waals surface area contributed by atoms with Gasteiger partial charge in [0.2, 0.25) is 0 Å². The van der Waals surface area contributed by atoms with Crippen LogP contribution in [0.3, 0.4) is 0 Å². The molecule has 0 aliphatic carbocycles. The van der Waals surface area contributed by atoms with Crippen LogP contribution < -0.4 is 0 Å². The predicted molar refractivity (Wildman–Crippen MR) is 60.7 cm³/mol. The molecule has 0 saturated carbocycles. The molecular formula is C12H21NO2. The first-order valence-electron chi connectivity index (χ1n) is 5.62.